The van der Waals surface area contributed by atoms with Gasteiger partial charge in [-0.15, -0.1) is 0 Å². The summed E-state index contributed by atoms with van der Waals surface area (Å²) in [5, 5.41) is 13.1. The highest BCUT2D eigenvalue weighted by atomic mass is 35.5. The highest BCUT2D eigenvalue weighted by molar-refractivity contribution is 6.29. The smallest absolute Gasteiger partial charge is 0.128 e. The first-order valence-corrected chi connectivity index (χ1v) is 5.42. The van der Waals surface area contributed by atoms with E-state index in [1.807, 2.05) is 25.5 Å². The van der Waals surface area contributed by atoms with Crippen LogP contribution < -0.4 is 5.32 Å². The number of imidazole rings is 1. The number of hydrogen-bond donors (Lipinski definition) is 2. The van der Waals surface area contributed by atoms with Gasteiger partial charge in [-0.3, -0.25) is 0 Å². The lowest BCUT2D eigenvalue weighted by molar-refractivity contribution is 0.167. The van der Waals surface area contributed by atoms with E-state index in [1.165, 1.54) is 0 Å². The van der Waals surface area contributed by atoms with Crippen molar-refractivity contribution >= 4 is 11.6 Å². The fraction of sp³-hybridized carbons (Fsp3) is 0.700. The Kier molecular flexibility index (Phi) is 4.13. The molecular formula is C10H18ClN3O. The van der Waals surface area contributed by atoms with Crippen molar-refractivity contribution in [2.75, 3.05) is 6.61 Å². The Balaban J connectivity index is 2.60. The highest BCUT2D eigenvalue weighted by Crippen LogP contribution is 2.12. The normalized spacial score (nSPS) is 15.3. The molecule has 0 aliphatic rings. The first kappa shape index (κ1) is 12.5. The van der Waals surface area contributed by atoms with Crippen LogP contribution in [0.2, 0.25) is 5.15 Å². The molecule has 1 rings (SSSR count). The van der Waals surface area contributed by atoms with E-state index < -0.39 is 0 Å². The number of halogens is 1. The first-order valence-electron chi connectivity index (χ1n) is 5.04. The van der Waals surface area contributed by atoms with Gasteiger partial charge in [0, 0.05) is 12.6 Å². The third-order valence-corrected chi connectivity index (χ3v) is 3.18. The SMILES string of the molecule is CCC(C)(CO)NCc1ncc(Cl)n1C. The second kappa shape index (κ2) is 4.96. The molecular weight excluding hydrogens is 214 g/mol. The summed E-state index contributed by atoms with van der Waals surface area (Å²) in [6, 6.07) is 0. The van der Waals surface area contributed by atoms with E-state index >= 15 is 0 Å². The number of aliphatic hydroxyl groups is 1. The van der Waals surface area contributed by atoms with Gasteiger partial charge < -0.3 is 15.0 Å². The monoisotopic (exact) mass is 231 g/mol. The lowest BCUT2D eigenvalue weighted by Gasteiger charge is -2.27. The molecule has 1 aromatic rings. The van der Waals surface area contributed by atoms with Crippen molar-refractivity contribution < 1.29 is 5.11 Å². The van der Waals surface area contributed by atoms with Gasteiger partial charge in [-0.2, -0.15) is 0 Å². The number of aromatic nitrogens is 2. The van der Waals surface area contributed by atoms with Crippen molar-refractivity contribution in [2.45, 2.75) is 32.4 Å². The molecule has 1 heterocycles. The van der Waals surface area contributed by atoms with Crippen molar-refractivity contribution in [1.82, 2.24) is 14.9 Å². The summed E-state index contributed by atoms with van der Waals surface area (Å²) >= 11 is 5.87. The maximum atomic E-state index is 9.22. The van der Waals surface area contributed by atoms with E-state index in [1.54, 1.807) is 6.20 Å². The molecule has 0 bridgehead atoms. The second-order valence-electron chi connectivity index (χ2n) is 3.98. The predicted molar refractivity (Wildman–Crippen MR) is 60.8 cm³/mol. The van der Waals surface area contributed by atoms with E-state index in [0.29, 0.717) is 11.7 Å². The van der Waals surface area contributed by atoms with E-state index in [9.17, 15) is 5.11 Å². The molecule has 0 radical (unpaired) electrons. The summed E-state index contributed by atoms with van der Waals surface area (Å²) in [5.74, 6) is 0.869. The average Bonchev–Trinajstić information content (AvgIpc) is 2.57. The fourth-order valence-electron chi connectivity index (χ4n) is 1.17. The molecule has 0 fully saturated rings. The van der Waals surface area contributed by atoms with Crippen LogP contribution in [0.4, 0.5) is 0 Å². The number of nitrogens with one attached hydrogen (secondary N) is 1. The Morgan fingerprint density at radius 3 is 2.73 bits per heavy atom. The maximum Gasteiger partial charge on any atom is 0.128 e. The molecule has 1 aromatic heterocycles. The van der Waals surface area contributed by atoms with Crippen LogP contribution in [-0.4, -0.2) is 26.8 Å². The van der Waals surface area contributed by atoms with Crippen LogP contribution in [0.25, 0.3) is 0 Å². The average molecular weight is 232 g/mol. The van der Waals surface area contributed by atoms with Crippen LogP contribution in [0.5, 0.6) is 0 Å². The number of nitrogens with zero attached hydrogens (tertiary/aromatic N) is 2. The molecule has 1 atom stereocenters. The molecule has 0 aromatic carbocycles. The van der Waals surface area contributed by atoms with Gasteiger partial charge >= 0.3 is 0 Å². The van der Waals surface area contributed by atoms with Gasteiger partial charge in [-0.1, -0.05) is 18.5 Å². The quantitative estimate of drug-likeness (QED) is 0.804. The third kappa shape index (κ3) is 2.93. The van der Waals surface area contributed by atoms with Gasteiger partial charge in [0.05, 0.1) is 19.3 Å². The molecule has 15 heavy (non-hydrogen) atoms. The molecule has 0 saturated heterocycles. The van der Waals surface area contributed by atoms with Crippen LogP contribution in [0.15, 0.2) is 6.20 Å². The summed E-state index contributed by atoms with van der Waals surface area (Å²) in [7, 11) is 1.87. The minimum atomic E-state index is -0.252. The molecule has 5 heteroatoms. The predicted octanol–water partition coefficient (Wildman–Crippen LogP) is 1.32. The van der Waals surface area contributed by atoms with Crippen LogP contribution in [0.3, 0.4) is 0 Å². The van der Waals surface area contributed by atoms with Gasteiger partial charge in [-0.05, 0) is 13.3 Å². The van der Waals surface area contributed by atoms with E-state index in [4.69, 9.17) is 11.6 Å². The Hall–Kier alpha value is -0.580. The summed E-state index contributed by atoms with van der Waals surface area (Å²) in [5.41, 5.74) is -0.252. The largest absolute Gasteiger partial charge is 0.394 e. The molecule has 0 spiro atoms. The zero-order chi connectivity index (χ0) is 11.5. The topological polar surface area (TPSA) is 50.1 Å². The lowest BCUT2D eigenvalue weighted by atomic mass is 10.0. The van der Waals surface area contributed by atoms with Crippen LogP contribution in [0.1, 0.15) is 26.1 Å². The van der Waals surface area contributed by atoms with Crippen LogP contribution in [-0.2, 0) is 13.6 Å². The van der Waals surface area contributed by atoms with Crippen molar-refractivity contribution in [2.24, 2.45) is 7.05 Å². The molecule has 0 aliphatic carbocycles. The standard InChI is InChI=1S/C10H18ClN3O/c1-4-10(2,7-15)13-6-9-12-5-8(11)14(9)3/h5,13,15H,4,6-7H2,1-3H3. The number of rotatable bonds is 5. The van der Waals surface area contributed by atoms with Crippen molar-refractivity contribution in [3.05, 3.63) is 17.2 Å². The van der Waals surface area contributed by atoms with E-state index in [-0.39, 0.29) is 12.1 Å². The van der Waals surface area contributed by atoms with Gasteiger partial charge in [0.15, 0.2) is 0 Å². The zero-order valence-corrected chi connectivity index (χ0v) is 10.2. The summed E-state index contributed by atoms with van der Waals surface area (Å²) in [6.45, 7) is 4.74. The Morgan fingerprint density at radius 2 is 2.33 bits per heavy atom. The molecule has 0 aliphatic heterocycles. The molecule has 86 valence electrons. The molecule has 0 amide bonds. The van der Waals surface area contributed by atoms with Gasteiger partial charge in [0.1, 0.15) is 11.0 Å². The molecule has 0 saturated carbocycles. The molecule has 1 unspecified atom stereocenters. The summed E-state index contributed by atoms with van der Waals surface area (Å²) in [4.78, 5) is 4.17. The third-order valence-electron chi connectivity index (χ3n) is 2.83. The van der Waals surface area contributed by atoms with Crippen LogP contribution in [0, 0.1) is 0 Å². The van der Waals surface area contributed by atoms with Crippen LogP contribution >= 0.6 is 11.6 Å². The van der Waals surface area contributed by atoms with Gasteiger partial charge in [-0.25, -0.2) is 4.98 Å². The molecule has 2 N–H and O–H groups in total. The summed E-state index contributed by atoms with van der Waals surface area (Å²) in [6.07, 6.45) is 2.49. The summed E-state index contributed by atoms with van der Waals surface area (Å²) < 4.78 is 1.82. The highest BCUT2D eigenvalue weighted by Gasteiger charge is 2.20. The Bertz CT molecular complexity index is 320. The van der Waals surface area contributed by atoms with E-state index in [0.717, 1.165) is 12.2 Å². The second-order valence-corrected chi connectivity index (χ2v) is 4.37. The zero-order valence-electron chi connectivity index (χ0n) is 9.42. The lowest BCUT2D eigenvalue weighted by Crippen LogP contribution is -2.45. The van der Waals surface area contributed by atoms with Crippen molar-refractivity contribution in [3.8, 4) is 0 Å². The minimum absolute atomic E-state index is 0.113. The maximum absolute atomic E-state index is 9.22. The van der Waals surface area contributed by atoms with Crippen molar-refractivity contribution in [3.63, 3.8) is 0 Å². The first-order chi connectivity index (χ1) is 7.02. The number of aliphatic hydroxyl groups excluding tert-OH is 1. The number of hydrogen-bond acceptors (Lipinski definition) is 3. The Morgan fingerprint density at radius 1 is 1.67 bits per heavy atom. The fourth-order valence-corrected chi connectivity index (χ4v) is 1.32. The molecule has 4 nitrogen and oxygen atoms in total. The minimum Gasteiger partial charge on any atom is -0.394 e. The van der Waals surface area contributed by atoms with Gasteiger partial charge in [0.2, 0.25) is 0 Å². The van der Waals surface area contributed by atoms with Gasteiger partial charge in [0.25, 0.3) is 0 Å². The Labute approximate surface area is 95.3 Å². The van der Waals surface area contributed by atoms with E-state index in [2.05, 4.69) is 10.3 Å². The van der Waals surface area contributed by atoms with Crippen molar-refractivity contribution in [1.29, 1.82) is 0 Å².